The Morgan fingerprint density at radius 1 is 1.29 bits per heavy atom. The molecule has 0 spiro atoms. The minimum absolute atomic E-state index is 0.00249. The van der Waals surface area contributed by atoms with Crippen LogP contribution in [0.25, 0.3) is 0 Å². The van der Waals surface area contributed by atoms with Crippen LogP contribution < -0.4 is 5.56 Å². The molecule has 0 radical (unpaired) electrons. The first-order valence-electron chi connectivity index (χ1n) is 4.99. The number of aromatic nitrogens is 3. The monoisotopic (exact) mass is 269 g/mol. The zero-order chi connectivity index (χ0) is 12.3. The number of rotatable bonds is 3. The van der Waals surface area contributed by atoms with Crippen molar-refractivity contribution in [1.29, 1.82) is 0 Å². The third-order valence-electron chi connectivity index (χ3n) is 2.25. The van der Waals surface area contributed by atoms with E-state index in [4.69, 9.17) is 23.2 Å². The molecule has 2 aromatic heterocycles. The maximum Gasteiger partial charge on any atom is 0.287 e. The van der Waals surface area contributed by atoms with Crippen molar-refractivity contribution >= 4 is 23.2 Å². The van der Waals surface area contributed by atoms with Gasteiger partial charge >= 0.3 is 0 Å². The Labute approximate surface area is 108 Å². The molecule has 0 fully saturated rings. The molecule has 2 aromatic rings. The molecular formula is C11H9Cl2N3O. The Kier molecular flexibility index (Phi) is 3.76. The molecule has 4 nitrogen and oxygen atoms in total. The molecule has 2 rings (SSSR count). The van der Waals surface area contributed by atoms with Crippen LogP contribution in [0.1, 0.15) is 5.69 Å². The highest BCUT2D eigenvalue weighted by Gasteiger charge is 2.07. The van der Waals surface area contributed by atoms with Crippen LogP contribution in [0, 0.1) is 0 Å². The van der Waals surface area contributed by atoms with E-state index in [-0.39, 0.29) is 15.6 Å². The van der Waals surface area contributed by atoms with Crippen molar-refractivity contribution in [2.45, 2.75) is 13.0 Å². The number of hydrogen-bond acceptors (Lipinski definition) is 3. The normalized spacial score (nSPS) is 10.5. The Morgan fingerprint density at radius 2 is 2.12 bits per heavy atom. The van der Waals surface area contributed by atoms with Gasteiger partial charge in [-0.2, -0.15) is 5.10 Å². The molecule has 6 heteroatoms. The molecule has 0 saturated heterocycles. The summed E-state index contributed by atoms with van der Waals surface area (Å²) in [6.45, 7) is 0.423. The van der Waals surface area contributed by atoms with Crippen LogP contribution in [0.15, 0.2) is 35.4 Å². The summed E-state index contributed by atoms with van der Waals surface area (Å²) in [7, 11) is 0. The van der Waals surface area contributed by atoms with E-state index < -0.39 is 0 Å². The Bertz CT molecular complexity index is 569. The minimum atomic E-state index is -0.380. The van der Waals surface area contributed by atoms with Gasteiger partial charge in [0, 0.05) is 18.3 Å². The lowest BCUT2D eigenvalue weighted by Crippen LogP contribution is -2.24. The number of aryl methyl sites for hydroxylation is 2. The second-order valence-corrected chi connectivity index (χ2v) is 4.19. The third-order valence-corrected chi connectivity index (χ3v) is 3.00. The van der Waals surface area contributed by atoms with Crippen molar-refractivity contribution in [3.63, 3.8) is 0 Å². The topological polar surface area (TPSA) is 47.8 Å². The molecule has 0 aliphatic carbocycles. The van der Waals surface area contributed by atoms with E-state index >= 15 is 0 Å². The molecule has 0 aliphatic heterocycles. The second-order valence-electron chi connectivity index (χ2n) is 3.41. The molecule has 0 aliphatic rings. The van der Waals surface area contributed by atoms with E-state index in [9.17, 15) is 4.79 Å². The summed E-state index contributed by atoms with van der Waals surface area (Å²) in [5.74, 6) is 0. The van der Waals surface area contributed by atoms with E-state index in [0.29, 0.717) is 13.0 Å². The molecule has 0 saturated carbocycles. The SMILES string of the molecule is O=c1c(Cl)c(Cl)cnn1CCc1ccccn1. The zero-order valence-corrected chi connectivity index (χ0v) is 10.3. The maximum atomic E-state index is 11.7. The molecule has 2 heterocycles. The van der Waals surface area contributed by atoms with Gasteiger partial charge in [0.2, 0.25) is 0 Å². The fraction of sp³-hybridized carbons (Fsp3) is 0.182. The van der Waals surface area contributed by atoms with Gasteiger partial charge in [-0.3, -0.25) is 9.78 Å². The summed E-state index contributed by atoms with van der Waals surface area (Å²) in [6, 6.07) is 5.63. The van der Waals surface area contributed by atoms with Gasteiger partial charge in [0.15, 0.2) is 0 Å². The highest BCUT2D eigenvalue weighted by Crippen LogP contribution is 2.14. The average Bonchev–Trinajstić information content (AvgIpc) is 2.36. The molecule has 0 bridgehead atoms. The highest BCUT2D eigenvalue weighted by molar-refractivity contribution is 6.41. The molecular weight excluding hydrogens is 261 g/mol. The van der Waals surface area contributed by atoms with Crippen LogP contribution in [-0.4, -0.2) is 14.8 Å². The zero-order valence-electron chi connectivity index (χ0n) is 8.81. The van der Waals surface area contributed by atoms with Gasteiger partial charge in [-0.05, 0) is 12.1 Å². The lowest BCUT2D eigenvalue weighted by atomic mass is 10.3. The van der Waals surface area contributed by atoms with Crippen molar-refractivity contribution in [2.24, 2.45) is 0 Å². The maximum absolute atomic E-state index is 11.7. The van der Waals surface area contributed by atoms with Crippen molar-refractivity contribution in [2.75, 3.05) is 0 Å². The van der Waals surface area contributed by atoms with Crippen LogP contribution in [0.4, 0.5) is 0 Å². The Hall–Kier alpha value is -1.39. The summed E-state index contributed by atoms with van der Waals surface area (Å²) in [5.41, 5.74) is 0.516. The molecule has 0 unspecified atom stereocenters. The van der Waals surface area contributed by atoms with Gasteiger partial charge in [0.1, 0.15) is 5.02 Å². The lowest BCUT2D eigenvalue weighted by molar-refractivity contribution is 0.573. The summed E-state index contributed by atoms with van der Waals surface area (Å²) < 4.78 is 1.28. The largest absolute Gasteiger partial charge is 0.287 e. The van der Waals surface area contributed by atoms with Gasteiger partial charge in [0.05, 0.1) is 17.8 Å². The summed E-state index contributed by atoms with van der Waals surface area (Å²) in [4.78, 5) is 15.8. The van der Waals surface area contributed by atoms with Crippen LogP contribution in [0.2, 0.25) is 10.0 Å². The molecule has 0 atom stereocenters. The fourth-order valence-corrected chi connectivity index (χ4v) is 1.64. The average molecular weight is 270 g/mol. The van der Waals surface area contributed by atoms with Gasteiger partial charge in [-0.1, -0.05) is 29.3 Å². The van der Waals surface area contributed by atoms with Crippen molar-refractivity contribution in [1.82, 2.24) is 14.8 Å². The first-order chi connectivity index (χ1) is 8.18. The summed E-state index contributed by atoms with van der Waals surface area (Å²) in [6.07, 6.45) is 3.69. The fourth-order valence-electron chi connectivity index (χ4n) is 1.37. The number of pyridine rings is 1. The Morgan fingerprint density at radius 3 is 2.82 bits per heavy atom. The number of halogens is 2. The molecule has 17 heavy (non-hydrogen) atoms. The second kappa shape index (κ2) is 5.29. The predicted molar refractivity (Wildman–Crippen MR) is 66.5 cm³/mol. The van der Waals surface area contributed by atoms with Crippen molar-refractivity contribution in [3.05, 3.63) is 56.7 Å². The van der Waals surface area contributed by atoms with Crippen LogP contribution >= 0.6 is 23.2 Å². The van der Waals surface area contributed by atoms with Gasteiger partial charge in [-0.25, -0.2) is 4.68 Å². The predicted octanol–water partition coefficient (Wildman–Crippen LogP) is 2.19. The quantitative estimate of drug-likeness (QED) is 0.858. The number of hydrogen-bond donors (Lipinski definition) is 0. The molecule has 0 aromatic carbocycles. The van der Waals surface area contributed by atoms with Gasteiger partial charge < -0.3 is 0 Å². The third kappa shape index (κ3) is 2.84. The Balaban J connectivity index is 2.16. The van der Waals surface area contributed by atoms with E-state index in [0.717, 1.165) is 5.69 Å². The van der Waals surface area contributed by atoms with E-state index in [1.807, 2.05) is 18.2 Å². The van der Waals surface area contributed by atoms with Gasteiger partial charge in [0.25, 0.3) is 5.56 Å². The van der Waals surface area contributed by atoms with Gasteiger partial charge in [-0.15, -0.1) is 0 Å². The van der Waals surface area contributed by atoms with E-state index in [1.165, 1.54) is 10.9 Å². The highest BCUT2D eigenvalue weighted by atomic mass is 35.5. The standard InChI is InChI=1S/C11H9Cl2N3O/c12-9-7-15-16(11(17)10(9)13)6-4-8-3-1-2-5-14-8/h1-3,5,7H,4,6H2. The minimum Gasteiger partial charge on any atom is -0.266 e. The van der Waals surface area contributed by atoms with Crippen LogP contribution in [0.5, 0.6) is 0 Å². The number of nitrogens with zero attached hydrogens (tertiary/aromatic N) is 3. The molecule has 0 N–H and O–H groups in total. The van der Waals surface area contributed by atoms with Crippen molar-refractivity contribution < 1.29 is 0 Å². The van der Waals surface area contributed by atoms with Crippen LogP contribution in [0.3, 0.4) is 0 Å². The van der Waals surface area contributed by atoms with E-state index in [2.05, 4.69) is 10.1 Å². The van der Waals surface area contributed by atoms with Crippen molar-refractivity contribution in [3.8, 4) is 0 Å². The first kappa shape index (κ1) is 12.1. The smallest absolute Gasteiger partial charge is 0.266 e. The van der Waals surface area contributed by atoms with E-state index in [1.54, 1.807) is 6.20 Å². The summed E-state index contributed by atoms with van der Waals surface area (Å²) in [5, 5.41) is 4.09. The molecule has 0 amide bonds. The lowest BCUT2D eigenvalue weighted by Gasteiger charge is -2.04. The first-order valence-corrected chi connectivity index (χ1v) is 5.75. The summed E-state index contributed by atoms with van der Waals surface area (Å²) >= 11 is 11.4. The van der Waals surface area contributed by atoms with Crippen LogP contribution in [-0.2, 0) is 13.0 Å². The molecule has 88 valence electrons.